The van der Waals surface area contributed by atoms with E-state index in [0.29, 0.717) is 24.6 Å². The van der Waals surface area contributed by atoms with Gasteiger partial charge < -0.3 is 17.2 Å². The third-order valence-corrected chi connectivity index (χ3v) is 4.48. The normalized spacial score (nSPS) is 11.7. The topological polar surface area (TPSA) is 129 Å². The third-order valence-electron chi connectivity index (χ3n) is 4.48. The average molecular weight is 377 g/mol. The maximum absolute atomic E-state index is 6.19. The predicted octanol–water partition coefficient (Wildman–Crippen LogP) is 2.25. The number of hydrogen-bond acceptors (Lipinski definition) is 6. The summed E-state index contributed by atoms with van der Waals surface area (Å²) < 4.78 is 5.91. The van der Waals surface area contributed by atoms with Gasteiger partial charge in [0.05, 0.1) is 31.7 Å². The fraction of sp³-hybridized carbons (Fsp3) is 0.667. The summed E-state index contributed by atoms with van der Waals surface area (Å²) in [7, 11) is 0. The summed E-state index contributed by atoms with van der Waals surface area (Å²) in [6.07, 6.45) is 12.1. The molecule has 0 aliphatic carbocycles. The Morgan fingerprint density at radius 3 is 2.59 bits per heavy atom. The summed E-state index contributed by atoms with van der Waals surface area (Å²) in [4.78, 5) is 0. The van der Waals surface area contributed by atoms with Crippen LogP contribution in [0.25, 0.3) is 0 Å². The lowest BCUT2D eigenvalue weighted by molar-refractivity contribution is -0.683. The Balaban J connectivity index is 2.11. The van der Waals surface area contributed by atoms with E-state index in [9.17, 15) is 0 Å². The van der Waals surface area contributed by atoms with Gasteiger partial charge in [-0.2, -0.15) is 5.10 Å². The van der Waals surface area contributed by atoms with Crippen molar-refractivity contribution in [3.05, 3.63) is 18.6 Å². The molecule has 2 aromatic rings. The van der Waals surface area contributed by atoms with Crippen molar-refractivity contribution in [1.82, 2.24) is 14.3 Å². The molecule has 0 saturated heterocycles. The molecule has 0 spiro atoms. The first-order valence-corrected chi connectivity index (χ1v) is 9.93. The van der Waals surface area contributed by atoms with Crippen molar-refractivity contribution < 1.29 is 4.57 Å². The first kappa shape index (κ1) is 21.0. The van der Waals surface area contributed by atoms with Crippen LogP contribution in [-0.4, -0.2) is 27.4 Å². The van der Waals surface area contributed by atoms with E-state index >= 15 is 0 Å². The van der Waals surface area contributed by atoms with Crippen LogP contribution in [0, 0.1) is 0 Å². The van der Waals surface area contributed by atoms with E-state index in [2.05, 4.69) is 31.4 Å². The predicted molar refractivity (Wildman–Crippen MR) is 107 cm³/mol. The number of hydrogen-bond donors (Lipinski definition) is 3. The van der Waals surface area contributed by atoms with Gasteiger partial charge in [0.15, 0.2) is 11.5 Å². The number of nitrogens with two attached hydrogens (primary N) is 3. The van der Waals surface area contributed by atoms with E-state index in [4.69, 9.17) is 17.2 Å². The zero-order chi connectivity index (χ0) is 19.5. The quantitative estimate of drug-likeness (QED) is 0.281. The largest absolute Gasteiger partial charge is 0.421 e. The Labute approximate surface area is 161 Å². The molecule has 0 aliphatic heterocycles. The van der Waals surface area contributed by atoms with Gasteiger partial charge in [0.2, 0.25) is 0 Å². The van der Waals surface area contributed by atoms with Gasteiger partial charge in [0.25, 0.3) is 0 Å². The number of nitrogens with zero attached hydrogens (tertiary/aromatic N) is 6. The number of azo groups is 1. The van der Waals surface area contributed by atoms with Crippen LogP contribution < -0.4 is 21.8 Å². The van der Waals surface area contributed by atoms with Gasteiger partial charge in [-0.1, -0.05) is 31.3 Å². The smallest absolute Gasteiger partial charge is 0.382 e. The fourth-order valence-electron chi connectivity index (χ4n) is 2.87. The highest BCUT2D eigenvalue weighted by atomic mass is 15.3. The minimum absolute atomic E-state index is 0.559. The Kier molecular flexibility index (Phi) is 8.93. The van der Waals surface area contributed by atoms with Gasteiger partial charge in [0.1, 0.15) is 0 Å². The van der Waals surface area contributed by atoms with E-state index in [1.54, 1.807) is 10.9 Å². The van der Waals surface area contributed by atoms with Crippen molar-refractivity contribution in [2.75, 3.05) is 18.8 Å². The standard InChI is InChI=1S/C18H33N9/c1-2-3-4-5-12-27-17(21)16(15-22-27)23-24-18-25(10-6-8-19)13-14-26(18)11-7-9-20/h13-15,21H,2-12,19-20H2,1H3/p+1. The molecule has 2 heterocycles. The van der Waals surface area contributed by atoms with E-state index < -0.39 is 0 Å². The lowest BCUT2D eigenvalue weighted by Crippen LogP contribution is -2.33. The lowest BCUT2D eigenvalue weighted by atomic mass is 10.2. The highest BCUT2D eigenvalue weighted by Gasteiger charge is 2.17. The Morgan fingerprint density at radius 1 is 1.04 bits per heavy atom. The molecule has 2 aromatic heterocycles. The lowest BCUT2D eigenvalue weighted by Gasteiger charge is -2.03. The molecular formula is C18H34N9+. The molecular weight excluding hydrogens is 342 g/mol. The molecule has 150 valence electrons. The van der Waals surface area contributed by atoms with Crippen LogP contribution in [-0.2, 0) is 19.6 Å². The van der Waals surface area contributed by atoms with Crippen LogP contribution in [0.3, 0.4) is 0 Å². The number of anilines is 1. The summed E-state index contributed by atoms with van der Waals surface area (Å²) in [5.74, 6) is 1.33. The minimum atomic E-state index is 0.559. The summed E-state index contributed by atoms with van der Waals surface area (Å²) in [5, 5.41) is 13.2. The van der Waals surface area contributed by atoms with Gasteiger partial charge in [-0.05, 0) is 32.4 Å². The van der Waals surface area contributed by atoms with Gasteiger partial charge in [-0.25, -0.2) is 13.8 Å². The van der Waals surface area contributed by atoms with Gasteiger partial charge in [-0.3, -0.25) is 0 Å². The molecule has 27 heavy (non-hydrogen) atoms. The number of aryl methyl sites for hydroxylation is 3. The Bertz CT molecular complexity index is 676. The van der Waals surface area contributed by atoms with Crippen molar-refractivity contribution in [3.63, 3.8) is 0 Å². The minimum Gasteiger partial charge on any atom is -0.382 e. The summed E-state index contributed by atoms with van der Waals surface area (Å²) >= 11 is 0. The van der Waals surface area contributed by atoms with Gasteiger partial charge in [-0.15, -0.1) is 0 Å². The first-order valence-electron chi connectivity index (χ1n) is 9.93. The second-order valence-corrected chi connectivity index (χ2v) is 6.67. The Morgan fingerprint density at radius 2 is 1.85 bits per heavy atom. The van der Waals surface area contributed by atoms with Crippen LogP contribution >= 0.6 is 0 Å². The number of imidazole rings is 1. The molecule has 0 atom stereocenters. The highest BCUT2D eigenvalue weighted by Crippen LogP contribution is 2.24. The number of nitrogen functional groups attached to an aromatic ring is 1. The molecule has 0 amide bonds. The van der Waals surface area contributed by atoms with E-state index in [-0.39, 0.29) is 0 Å². The molecule has 0 unspecified atom stereocenters. The highest BCUT2D eigenvalue weighted by molar-refractivity contribution is 5.56. The maximum atomic E-state index is 6.19. The van der Waals surface area contributed by atoms with Crippen LogP contribution in [0.15, 0.2) is 28.8 Å². The van der Waals surface area contributed by atoms with Crippen molar-refractivity contribution in [1.29, 1.82) is 0 Å². The van der Waals surface area contributed by atoms with Crippen molar-refractivity contribution in [2.45, 2.75) is 65.1 Å². The Hall–Kier alpha value is -2.26. The number of rotatable bonds is 13. The molecule has 0 radical (unpaired) electrons. The zero-order valence-electron chi connectivity index (χ0n) is 16.4. The third kappa shape index (κ3) is 6.14. The zero-order valence-corrected chi connectivity index (χ0v) is 16.4. The fourth-order valence-corrected chi connectivity index (χ4v) is 2.87. The number of aromatic nitrogens is 4. The van der Waals surface area contributed by atoms with E-state index in [1.165, 1.54) is 19.3 Å². The van der Waals surface area contributed by atoms with Crippen molar-refractivity contribution >= 4 is 17.5 Å². The van der Waals surface area contributed by atoms with Crippen LogP contribution in [0.4, 0.5) is 17.5 Å². The monoisotopic (exact) mass is 376 g/mol. The summed E-state index contributed by atoms with van der Waals surface area (Å²) in [5.41, 5.74) is 18.1. The van der Waals surface area contributed by atoms with Gasteiger partial charge in [0, 0.05) is 11.7 Å². The SMILES string of the molecule is CCCCCCn1ncc(N=Nc2n(CCCN)cc[n+]2CCCN)c1N. The average Bonchev–Trinajstić information content (AvgIpc) is 3.23. The van der Waals surface area contributed by atoms with Crippen LogP contribution in [0.5, 0.6) is 0 Å². The molecule has 0 bridgehead atoms. The van der Waals surface area contributed by atoms with Crippen molar-refractivity contribution in [2.24, 2.45) is 21.7 Å². The summed E-state index contributed by atoms with van der Waals surface area (Å²) in [6, 6.07) is 0. The molecule has 0 saturated carbocycles. The van der Waals surface area contributed by atoms with E-state index in [1.807, 2.05) is 12.4 Å². The molecule has 0 fully saturated rings. The molecule has 9 nitrogen and oxygen atoms in total. The van der Waals surface area contributed by atoms with Crippen LogP contribution in [0.1, 0.15) is 45.4 Å². The summed E-state index contributed by atoms with van der Waals surface area (Å²) in [6.45, 7) is 5.87. The molecule has 2 rings (SSSR count). The first-order chi connectivity index (χ1) is 13.2. The molecule has 0 aliphatic rings. The molecule has 0 aromatic carbocycles. The second kappa shape index (κ2) is 11.5. The second-order valence-electron chi connectivity index (χ2n) is 6.67. The van der Waals surface area contributed by atoms with E-state index in [0.717, 1.165) is 44.8 Å². The molecule has 9 heteroatoms. The molecule has 6 N–H and O–H groups in total. The van der Waals surface area contributed by atoms with Crippen molar-refractivity contribution in [3.8, 4) is 0 Å². The van der Waals surface area contributed by atoms with Gasteiger partial charge >= 0.3 is 5.95 Å². The van der Waals surface area contributed by atoms with Crippen LogP contribution in [0.2, 0.25) is 0 Å². The number of unbranched alkanes of at least 4 members (excludes halogenated alkanes) is 3. The maximum Gasteiger partial charge on any atom is 0.421 e.